The molecule has 1 saturated heterocycles. The number of hydrogen-bond acceptors (Lipinski definition) is 6. The fraction of sp³-hybridized carbons (Fsp3) is 0.379. The number of likely N-dealkylation sites (N-methyl/N-ethyl adjacent to an activating group) is 1. The summed E-state index contributed by atoms with van der Waals surface area (Å²) in [4.78, 5) is 25.0. The first-order valence-corrected chi connectivity index (χ1v) is 14.4. The minimum atomic E-state index is -4.76. The van der Waals surface area contributed by atoms with Crippen LogP contribution in [0.2, 0.25) is 0 Å². The molecule has 8 nitrogen and oxygen atoms in total. The maximum atomic E-state index is 13.3. The van der Waals surface area contributed by atoms with Crippen molar-refractivity contribution in [2.75, 3.05) is 39.0 Å². The van der Waals surface area contributed by atoms with Crippen molar-refractivity contribution in [3.05, 3.63) is 76.7 Å². The van der Waals surface area contributed by atoms with Crippen LogP contribution in [-0.4, -0.2) is 87.2 Å². The Morgan fingerprint density at radius 2 is 1.95 bits per heavy atom. The Bertz CT molecular complexity index is 1410. The number of H-pyrrole nitrogens is 1. The zero-order valence-electron chi connectivity index (χ0n) is 23.1. The van der Waals surface area contributed by atoms with Crippen LogP contribution in [0.4, 0.5) is 13.2 Å². The van der Waals surface area contributed by atoms with Crippen molar-refractivity contribution in [2.45, 2.75) is 37.6 Å². The molecule has 3 aliphatic rings. The Balaban J connectivity index is 1.59. The van der Waals surface area contributed by atoms with E-state index in [2.05, 4.69) is 19.6 Å². The van der Waals surface area contributed by atoms with E-state index in [4.69, 9.17) is 0 Å². The van der Waals surface area contributed by atoms with Crippen LogP contribution in [0.5, 0.6) is 5.88 Å². The van der Waals surface area contributed by atoms with Crippen LogP contribution in [0, 0.1) is 0 Å². The van der Waals surface area contributed by atoms with Crippen LogP contribution in [0.25, 0.3) is 6.08 Å². The highest BCUT2D eigenvalue weighted by atomic mass is 32.2. The molecule has 2 unspecified atom stereocenters. The van der Waals surface area contributed by atoms with Crippen molar-refractivity contribution in [1.82, 2.24) is 14.8 Å². The Kier molecular flexibility index (Phi) is 9.67. The molecule has 3 heterocycles. The number of aromatic amines is 1. The molecule has 1 aliphatic carbocycles. The molecule has 4 rings (SSSR count). The number of nitrogens with zero attached hydrogens (tertiary/aromatic N) is 3. The van der Waals surface area contributed by atoms with E-state index in [0.29, 0.717) is 51.7 Å². The van der Waals surface area contributed by atoms with Gasteiger partial charge in [-0.05, 0) is 68.8 Å². The Labute approximate surface area is 239 Å². The van der Waals surface area contributed by atoms with E-state index in [9.17, 15) is 27.3 Å². The third-order valence-corrected chi connectivity index (χ3v) is 8.32. The number of allylic oxidation sites excluding steroid dienone is 2. The average molecular weight is 591 g/mol. The highest BCUT2D eigenvalue weighted by Crippen LogP contribution is 2.30. The number of aliphatic imine (C=N–C) groups is 1. The second-order valence-corrected chi connectivity index (χ2v) is 11.5. The van der Waals surface area contributed by atoms with E-state index >= 15 is 0 Å². The van der Waals surface area contributed by atoms with Crippen molar-refractivity contribution >= 4 is 28.5 Å². The quantitative estimate of drug-likeness (QED) is 0.503. The number of amides is 1. The summed E-state index contributed by atoms with van der Waals surface area (Å²) in [7, 11) is 0.415. The third kappa shape index (κ3) is 8.05. The normalized spacial score (nSPS) is 21.6. The van der Waals surface area contributed by atoms with Crippen LogP contribution < -0.4 is 0 Å². The molecule has 0 aromatic carbocycles. The van der Waals surface area contributed by atoms with Gasteiger partial charge in [0.15, 0.2) is 5.88 Å². The van der Waals surface area contributed by atoms with E-state index in [1.807, 2.05) is 18.9 Å². The van der Waals surface area contributed by atoms with Crippen molar-refractivity contribution in [1.29, 1.82) is 0 Å². The largest absolute Gasteiger partial charge is 0.523 e. The number of carbonyl (C=O) groups excluding carboxylic acids is 1. The molecule has 12 heteroatoms. The van der Waals surface area contributed by atoms with Crippen LogP contribution in [0.15, 0.2) is 81.0 Å². The van der Waals surface area contributed by atoms with Gasteiger partial charge in [-0.1, -0.05) is 18.2 Å². The smallest absolute Gasteiger partial charge is 0.494 e. The molecular weight excluding hydrogens is 557 g/mol. The number of rotatable bonds is 6. The molecule has 0 saturated carbocycles. The lowest BCUT2D eigenvalue weighted by atomic mass is 10.0. The summed E-state index contributed by atoms with van der Waals surface area (Å²) >= 11 is 0. The summed E-state index contributed by atoms with van der Waals surface area (Å²) < 4.78 is 55.2. The zero-order chi connectivity index (χ0) is 29.7. The molecular formula is C29H33F3N4O4S. The molecule has 1 fully saturated rings. The third-order valence-electron chi connectivity index (χ3n) is 6.93. The number of halogens is 3. The number of nitrogens with one attached hydrogen (secondary N) is 1. The molecule has 1 aromatic rings. The minimum absolute atomic E-state index is 0.0130. The first kappa shape index (κ1) is 30.5. The van der Waals surface area contributed by atoms with Gasteiger partial charge in [0, 0.05) is 42.8 Å². The predicted octanol–water partition coefficient (Wildman–Crippen LogP) is 4.65. The first-order valence-electron chi connectivity index (χ1n) is 13.1. The number of aromatic nitrogens is 1. The van der Waals surface area contributed by atoms with Crippen molar-refractivity contribution in [3.8, 4) is 5.88 Å². The summed E-state index contributed by atoms with van der Waals surface area (Å²) in [5, 5.41) is 10.7. The summed E-state index contributed by atoms with van der Waals surface area (Å²) in [6.45, 7) is 6.48. The van der Waals surface area contributed by atoms with E-state index in [1.54, 1.807) is 49.4 Å². The van der Waals surface area contributed by atoms with Gasteiger partial charge in [0.25, 0.3) is 5.91 Å². The van der Waals surface area contributed by atoms with Gasteiger partial charge in [-0.2, -0.15) is 0 Å². The summed E-state index contributed by atoms with van der Waals surface area (Å²) in [6.07, 6.45) is 1.81. The van der Waals surface area contributed by atoms with Crippen LogP contribution in [0.3, 0.4) is 0 Å². The van der Waals surface area contributed by atoms with Crippen LogP contribution >= 0.6 is 0 Å². The van der Waals surface area contributed by atoms with Gasteiger partial charge in [0.1, 0.15) is 0 Å². The molecule has 2 aliphatic heterocycles. The molecule has 0 bridgehead atoms. The van der Waals surface area contributed by atoms with E-state index in [0.717, 1.165) is 13.1 Å². The summed E-state index contributed by atoms with van der Waals surface area (Å²) in [6, 6.07) is 6.31. The molecule has 2 N–H and O–H groups in total. The Hall–Kier alpha value is -3.48. The van der Waals surface area contributed by atoms with Gasteiger partial charge < -0.3 is 19.9 Å². The summed E-state index contributed by atoms with van der Waals surface area (Å²) in [5.74, 6) is -0.255. The van der Waals surface area contributed by atoms with Crippen molar-refractivity contribution in [2.24, 2.45) is 4.99 Å². The predicted molar refractivity (Wildman–Crippen MR) is 152 cm³/mol. The Morgan fingerprint density at radius 1 is 1.22 bits per heavy atom. The topological polar surface area (TPSA) is 98.2 Å². The zero-order valence-corrected chi connectivity index (χ0v) is 23.9. The molecule has 1 amide bonds. The fourth-order valence-corrected chi connectivity index (χ4v) is 5.83. The number of carbonyl (C=O) groups is 1. The number of ether oxygens (including phenoxy) is 1. The summed E-state index contributed by atoms with van der Waals surface area (Å²) in [5.41, 5.74) is 3.17. The monoisotopic (exact) mass is 590 g/mol. The lowest BCUT2D eigenvalue weighted by Crippen LogP contribution is -2.48. The molecule has 41 heavy (non-hydrogen) atoms. The van der Waals surface area contributed by atoms with Gasteiger partial charge in [-0.15, -0.1) is 13.2 Å². The number of aromatic hydroxyl groups is 1. The SMILES string of the molecule is CC1=NC(=Cc2ccc(S(=O)CC3=CC(OC(F)(F)F)CC=C3)ccc[nH]c2O)C(C)=C1C(=O)N1CCN(C)CC1. The van der Waals surface area contributed by atoms with Gasteiger partial charge in [0.05, 0.1) is 39.6 Å². The van der Waals surface area contributed by atoms with E-state index in [1.165, 1.54) is 12.3 Å². The Morgan fingerprint density at radius 3 is 2.66 bits per heavy atom. The van der Waals surface area contributed by atoms with Crippen LogP contribution in [-0.2, 0) is 20.3 Å². The molecule has 1 aromatic heterocycles. The lowest BCUT2D eigenvalue weighted by Gasteiger charge is -2.32. The van der Waals surface area contributed by atoms with E-state index < -0.39 is 23.3 Å². The molecule has 0 radical (unpaired) electrons. The standard InChI is InChI=1S/C29H33F3N4O4S/c1-19-25(34-20(2)26(19)28(38)36-14-12-35(3)13-15-36)17-22-9-10-24(8-5-11-33-27(22)37)41(39)18-21-6-4-7-23(16-21)40-29(30,31)32/h4-6,8-11,16-17,23,33,37H,7,12-15,18H2,1-3H3. The van der Waals surface area contributed by atoms with Crippen molar-refractivity contribution < 1.29 is 32.0 Å². The second kappa shape index (κ2) is 13.0. The number of hydrogen-bond donors (Lipinski definition) is 2. The van der Waals surface area contributed by atoms with Crippen LogP contribution in [0.1, 0.15) is 25.8 Å². The van der Waals surface area contributed by atoms with Gasteiger partial charge in [0.2, 0.25) is 0 Å². The van der Waals surface area contributed by atoms with E-state index in [-0.39, 0.29) is 24.0 Å². The van der Waals surface area contributed by atoms with Gasteiger partial charge in [-0.25, -0.2) is 0 Å². The minimum Gasteiger partial charge on any atom is -0.494 e. The average Bonchev–Trinajstić information content (AvgIpc) is 3.22. The number of piperazine rings is 1. The number of alkyl halides is 3. The first-order chi connectivity index (χ1) is 19.4. The maximum absolute atomic E-state index is 13.3. The van der Waals surface area contributed by atoms with Crippen molar-refractivity contribution in [3.63, 3.8) is 0 Å². The van der Waals surface area contributed by atoms with Gasteiger partial charge in [-0.3, -0.25) is 18.7 Å². The molecule has 220 valence electrons. The maximum Gasteiger partial charge on any atom is 0.523 e. The highest BCUT2D eigenvalue weighted by Gasteiger charge is 2.33. The fourth-order valence-electron chi connectivity index (χ4n) is 4.72. The molecule has 2 atom stereocenters. The lowest BCUT2D eigenvalue weighted by molar-refractivity contribution is -0.336. The second-order valence-electron chi connectivity index (χ2n) is 10.0. The molecule has 0 spiro atoms. The highest BCUT2D eigenvalue weighted by molar-refractivity contribution is 7.85. The van der Waals surface area contributed by atoms with Gasteiger partial charge >= 0.3 is 6.36 Å².